The number of anilines is 3. The van der Waals surface area contributed by atoms with Gasteiger partial charge in [-0.1, -0.05) is 158 Å². The molecule has 0 unspecified atom stereocenters. The molecule has 0 atom stereocenters. The van der Waals surface area contributed by atoms with Crippen LogP contribution in [0.15, 0.2) is 207 Å². The van der Waals surface area contributed by atoms with Gasteiger partial charge in [0.15, 0.2) is 0 Å². The van der Waals surface area contributed by atoms with Gasteiger partial charge in [-0.2, -0.15) is 0 Å². The summed E-state index contributed by atoms with van der Waals surface area (Å²) in [6.45, 7) is 0. The maximum Gasteiger partial charge on any atom is 0.0714 e. The molecule has 8 aromatic carbocycles. The minimum Gasteiger partial charge on any atom is -0.310 e. The minimum atomic E-state index is -0.500. The molecule has 0 aliphatic heterocycles. The fraction of sp³-hybridized carbons (Fsp3) is 0.0192. The number of rotatable bonds is 6. The highest BCUT2D eigenvalue weighted by atomic mass is 32.1. The fourth-order valence-corrected chi connectivity index (χ4v) is 10.3. The normalized spacial score (nSPS) is 12.9. The monoisotopic (exact) mass is 718 g/mol. The molecule has 0 fully saturated rings. The first-order valence-corrected chi connectivity index (χ1v) is 19.6. The molecule has 258 valence electrons. The second kappa shape index (κ2) is 12.7. The lowest BCUT2D eigenvalue weighted by molar-refractivity contribution is 0.768. The highest BCUT2D eigenvalue weighted by Gasteiger charge is 2.46. The molecule has 2 aromatic heterocycles. The summed E-state index contributed by atoms with van der Waals surface area (Å²) in [4.78, 5) is 6.96. The molecule has 2 nitrogen and oxygen atoms in total. The van der Waals surface area contributed by atoms with Crippen molar-refractivity contribution in [2.75, 3.05) is 4.90 Å². The lowest BCUT2D eigenvalue weighted by atomic mass is 9.67. The lowest BCUT2D eigenvalue weighted by Crippen LogP contribution is -2.28. The standard InChI is InChI=1S/C52H34N2S/c1-4-14-35(15-5-1)41-20-11-13-23-49(41)54(40-26-29-44-45-27-24-36-30-31-53-34-46(36)51(45)55-50(44)33-40)39-25-28-43-42-21-10-12-22-47(42)52(48(43)32-39,37-16-6-2-7-17-37)38-18-8-3-9-19-38/h1-34H. The van der Waals surface area contributed by atoms with E-state index in [1.54, 1.807) is 0 Å². The third kappa shape index (κ3) is 4.83. The summed E-state index contributed by atoms with van der Waals surface area (Å²) in [5, 5.41) is 4.95. The van der Waals surface area contributed by atoms with Crippen LogP contribution in [-0.2, 0) is 5.41 Å². The molecular formula is C52H34N2S. The van der Waals surface area contributed by atoms with Gasteiger partial charge in [-0.05, 0) is 80.7 Å². The Labute approximate surface area is 324 Å². The molecule has 11 rings (SSSR count). The van der Waals surface area contributed by atoms with Crippen LogP contribution in [0, 0.1) is 0 Å². The van der Waals surface area contributed by atoms with Crippen molar-refractivity contribution in [3.8, 4) is 22.3 Å². The van der Waals surface area contributed by atoms with Crippen LogP contribution in [0.3, 0.4) is 0 Å². The molecule has 0 saturated carbocycles. The van der Waals surface area contributed by atoms with Gasteiger partial charge in [0.2, 0.25) is 0 Å². The molecule has 1 aliphatic rings. The molecule has 3 heteroatoms. The Hall–Kier alpha value is -6.81. The Morgan fingerprint density at radius 1 is 0.455 bits per heavy atom. The fourth-order valence-electron chi connectivity index (χ4n) is 9.05. The lowest BCUT2D eigenvalue weighted by Gasteiger charge is -2.35. The number of thiophene rings is 1. The van der Waals surface area contributed by atoms with Crippen molar-refractivity contribution in [2.45, 2.75) is 5.41 Å². The second-order valence-corrected chi connectivity index (χ2v) is 15.3. The zero-order chi connectivity index (χ0) is 36.3. The summed E-state index contributed by atoms with van der Waals surface area (Å²) in [5.41, 5.74) is 12.9. The number of hydrogen-bond donors (Lipinski definition) is 0. The molecule has 0 spiro atoms. The number of para-hydroxylation sites is 1. The Balaban J connectivity index is 1.20. The van der Waals surface area contributed by atoms with Crippen LogP contribution in [0.2, 0.25) is 0 Å². The predicted molar refractivity (Wildman–Crippen MR) is 232 cm³/mol. The van der Waals surface area contributed by atoms with E-state index in [-0.39, 0.29) is 0 Å². The van der Waals surface area contributed by atoms with E-state index in [9.17, 15) is 0 Å². The van der Waals surface area contributed by atoms with E-state index >= 15 is 0 Å². The van der Waals surface area contributed by atoms with Crippen molar-refractivity contribution >= 4 is 59.3 Å². The van der Waals surface area contributed by atoms with Gasteiger partial charge in [-0.25, -0.2) is 0 Å². The topological polar surface area (TPSA) is 16.1 Å². The van der Waals surface area contributed by atoms with Gasteiger partial charge in [0.05, 0.1) is 11.1 Å². The average Bonchev–Trinajstić information content (AvgIpc) is 3.78. The van der Waals surface area contributed by atoms with Crippen molar-refractivity contribution < 1.29 is 0 Å². The zero-order valence-corrected chi connectivity index (χ0v) is 30.7. The van der Waals surface area contributed by atoms with Crippen LogP contribution in [0.5, 0.6) is 0 Å². The highest BCUT2D eigenvalue weighted by molar-refractivity contribution is 7.26. The summed E-state index contributed by atoms with van der Waals surface area (Å²) < 4.78 is 2.53. The molecule has 0 bridgehead atoms. The summed E-state index contributed by atoms with van der Waals surface area (Å²) in [6, 6.07) is 71.4. The minimum absolute atomic E-state index is 0.500. The first-order valence-electron chi connectivity index (χ1n) is 18.8. The Kier molecular flexibility index (Phi) is 7.29. The van der Waals surface area contributed by atoms with Crippen molar-refractivity contribution in [2.24, 2.45) is 0 Å². The van der Waals surface area contributed by atoms with Crippen LogP contribution in [-0.4, -0.2) is 4.98 Å². The summed E-state index contributed by atoms with van der Waals surface area (Å²) in [7, 11) is 0. The van der Waals surface area contributed by atoms with E-state index in [1.165, 1.54) is 75.5 Å². The van der Waals surface area contributed by atoms with Gasteiger partial charge in [-0.15, -0.1) is 11.3 Å². The number of nitrogens with zero attached hydrogens (tertiary/aromatic N) is 2. The van der Waals surface area contributed by atoms with Crippen molar-refractivity contribution in [1.82, 2.24) is 4.98 Å². The quantitative estimate of drug-likeness (QED) is 0.170. The molecule has 0 N–H and O–H groups in total. The summed E-state index contributed by atoms with van der Waals surface area (Å²) >= 11 is 1.85. The van der Waals surface area contributed by atoms with Crippen molar-refractivity contribution in [1.29, 1.82) is 0 Å². The first kappa shape index (κ1) is 31.7. The van der Waals surface area contributed by atoms with Crippen LogP contribution in [0.25, 0.3) is 53.2 Å². The van der Waals surface area contributed by atoms with Crippen LogP contribution in [0.4, 0.5) is 17.1 Å². The molecule has 10 aromatic rings. The summed E-state index contributed by atoms with van der Waals surface area (Å²) in [5.74, 6) is 0. The van der Waals surface area contributed by atoms with Gasteiger partial charge in [0.25, 0.3) is 0 Å². The molecule has 2 heterocycles. The van der Waals surface area contributed by atoms with E-state index in [0.717, 1.165) is 17.1 Å². The third-order valence-electron chi connectivity index (χ3n) is 11.4. The number of pyridine rings is 1. The van der Waals surface area contributed by atoms with E-state index in [2.05, 4.69) is 204 Å². The maximum atomic E-state index is 4.49. The SMILES string of the molecule is c1ccc(-c2ccccc2N(c2ccc3c(c2)C(c2ccccc2)(c2ccccc2)c2ccccc2-3)c2ccc3c(c2)sc2c4cnccc4ccc32)cc1. The molecule has 1 aliphatic carbocycles. The smallest absolute Gasteiger partial charge is 0.0714 e. The zero-order valence-electron chi connectivity index (χ0n) is 29.9. The van der Waals surface area contributed by atoms with Gasteiger partial charge < -0.3 is 4.90 Å². The van der Waals surface area contributed by atoms with E-state index < -0.39 is 5.41 Å². The Bertz CT molecular complexity index is 3000. The number of benzene rings is 8. The first-order chi connectivity index (χ1) is 27.3. The highest BCUT2D eigenvalue weighted by Crippen LogP contribution is 2.57. The molecular weight excluding hydrogens is 685 g/mol. The Morgan fingerprint density at radius 3 is 1.85 bits per heavy atom. The average molecular weight is 719 g/mol. The van der Waals surface area contributed by atoms with Crippen LogP contribution < -0.4 is 4.90 Å². The Morgan fingerprint density at radius 2 is 1.07 bits per heavy atom. The molecule has 0 radical (unpaired) electrons. The van der Waals surface area contributed by atoms with Gasteiger partial charge in [0.1, 0.15) is 0 Å². The van der Waals surface area contributed by atoms with Crippen LogP contribution >= 0.6 is 11.3 Å². The number of hydrogen-bond acceptors (Lipinski definition) is 3. The van der Waals surface area contributed by atoms with Gasteiger partial charge in [0, 0.05) is 54.9 Å². The van der Waals surface area contributed by atoms with Gasteiger partial charge >= 0.3 is 0 Å². The van der Waals surface area contributed by atoms with Gasteiger partial charge in [-0.3, -0.25) is 4.98 Å². The third-order valence-corrected chi connectivity index (χ3v) is 12.6. The number of aromatic nitrogens is 1. The van der Waals surface area contributed by atoms with E-state index in [0.29, 0.717) is 0 Å². The van der Waals surface area contributed by atoms with Crippen molar-refractivity contribution in [3.05, 3.63) is 229 Å². The molecule has 0 amide bonds. The molecule has 55 heavy (non-hydrogen) atoms. The second-order valence-electron chi connectivity index (χ2n) is 14.3. The van der Waals surface area contributed by atoms with Crippen molar-refractivity contribution in [3.63, 3.8) is 0 Å². The van der Waals surface area contributed by atoms with Crippen LogP contribution in [0.1, 0.15) is 22.3 Å². The number of fused-ring (bicyclic) bond motifs is 8. The van der Waals surface area contributed by atoms with E-state index in [4.69, 9.17) is 0 Å². The largest absolute Gasteiger partial charge is 0.310 e. The predicted octanol–water partition coefficient (Wildman–Crippen LogP) is 14.1. The summed E-state index contributed by atoms with van der Waals surface area (Å²) in [6.07, 6.45) is 3.88. The molecule has 0 saturated heterocycles. The maximum absolute atomic E-state index is 4.49. The van der Waals surface area contributed by atoms with E-state index in [1.807, 2.05) is 23.7 Å².